The van der Waals surface area contributed by atoms with Gasteiger partial charge in [-0.15, -0.1) is 0 Å². The minimum absolute atomic E-state index is 0.00783. The van der Waals surface area contributed by atoms with Gasteiger partial charge >= 0.3 is 0 Å². The Hall–Kier alpha value is -1.70. The fraction of sp³-hybridized carbons (Fsp3) is 0.333. The molecule has 0 amide bonds. The van der Waals surface area contributed by atoms with Crippen LogP contribution in [0, 0.1) is 5.92 Å². The number of hydrogen-bond acceptors (Lipinski definition) is 2. The van der Waals surface area contributed by atoms with E-state index in [9.17, 15) is 9.59 Å². The molecule has 0 aromatic heterocycles. The molecule has 0 unspecified atom stereocenters. The van der Waals surface area contributed by atoms with Gasteiger partial charge in [-0.05, 0) is 25.5 Å². The molecule has 0 saturated carbocycles. The van der Waals surface area contributed by atoms with Gasteiger partial charge in [-0.1, -0.05) is 38.1 Å². The summed E-state index contributed by atoms with van der Waals surface area (Å²) in [7, 11) is 0. The van der Waals surface area contributed by atoms with Crippen molar-refractivity contribution in [3.8, 4) is 0 Å². The van der Waals surface area contributed by atoms with Crippen molar-refractivity contribution in [2.75, 3.05) is 0 Å². The Morgan fingerprint density at radius 1 is 1.12 bits per heavy atom. The molecule has 0 N–H and O–H groups in total. The van der Waals surface area contributed by atoms with Crippen molar-refractivity contribution in [1.29, 1.82) is 0 Å². The Balaban J connectivity index is 3.33. The van der Waals surface area contributed by atoms with Crippen molar-refractivity contribution in [2.45, 2.75) is 27.7 Å². The van der Waals surface area contributed by atoms with E-state index in [-0.39, 0.29) is 17.5 Å². The standard InChI is InChI=1S/C15H18O2/c1-9(2)14-8-12(15(17)10(3)4)6-7-13(14)11(5)16/h6-8,10H,1H2,2-5H3. The molecule has 0 aliphatic heterocycles. The van der Waals surface area contributed by atoms with Crippen LogP contribution in [0.2, 0.25) is 0 Å². The van der Waals surface area contributed by atoms with Gasteiger partial charge in [0.05, 0.1) is 0 Å². The summed E-state index contributed by atoms with van der Waals surface area (Å²) in [5, 5.41) is 0. The van der Waals surface area contributed by atoms with Gasteiger partial charge in [0, 0.05) is 17.0 Å². The number of ketones is 2. The molecule has 0 bridgehead atoms. The van der Waals surface area contributed by atoms with Crippen LogP contribution in [0.25, 0.3) is 5.57 Å². The zero-order chi connectivity index (χ0) is 13.2. The van der Waals surface area contributed by atoms with Crippen LogP contribution in [0.4, 0.5) is 0 Å². The summed E-state index contributed by atoms with van der Waals surface area (Å²) in [5.41, 5.74) is 2.83. The van der Waals surface area contributed by atoms with Crippen LogP contribution in [-0.2, 0) is 0 Å². The molecular formula is C15H18O2. The third-order valence-corrected chi connectivity index (χ3v) is 2.67. The van der Waals surface area contributed by atoms with Crippen molar-refractivity contribution < 1.29 is 9.59 Å². The SMILES string of the molecule is C=C(C)c1cc(C(=O)C(C)C)ccc1C(C)=O. The van der Waals surface area contributed by atoms with E-state index in [0.29, 0.717) is 11.1 Å². The number of Topliss-reactive ketones (excluding diaryl/α,β-unsaturated/α-hetero) is 2. The molecular weight excluding hydrogens is 212 g/mol. The molecule has 17 heavy (non-hydrogen) atoms. The van der Waals surface area contributed by atoms with Crippen LogP contribution in [0.1, 0.15) is 54.0 Å². The third-order valence-electron chi connectivity index (χ3n) is 2.67. The zero-order valence-electron chi connectivity index (χ0n) is 10.8. The molecule has 0 fully saturated rings. The van der Waals surface area contributed by atoms with E-state index < -0.39 is 0 Å². The molecule has 1 rings (SSSR count). The van der Waals surface area contributed by atoms with Gasteiger partial charge in [-0.3, -0.25) is 9.59 Å². The molecule has 0 heterocycles. The highest BCUT2D eigenvalue weighted by atomic mass is 16.1. The average Bonchev–Trinajstić information content (AvgIpc) is 2.26. The molecule has 90 valence electrons. The second-order valence-electron chi connectivity index (χ2n) is 4.62. The quantitative estimate of drug-likeness (QED) is 0.738. The highest BCUT2D eigenvalue weighted by Crippen LogP contribution is 2.21. The van der Waals surface area contributed by atoms with Crippen molar-refractivity contribution in [1.82, 2.24) is 0 Å². The monoisotopic (exact) mass is 230 g/mol. The molecule has 0 radical (unpaired) electrons. The van der Waals surface area contributed by atoms with Crippen LogP contribution < -0.4 is 0 Å². The number of carbonyl (C=O) groups is 2. The Kier molecular flexibility index (Phi) is 4.00. The van der Waals surface area contributed by atoms with Crippen molar-refractivity contribution >= 4 is 17.1 Å². The van der Waals surface area contributed by atoms with E-state index >= 15 is 0 Å². The number of hydrogen-bond donors (Lipinski definition) is 0. The minimum Gasteiger partial charge on any atom is -0.294 e. The smallest absolute Gasteiger partial charge is 0.165 e. The second-order valence-corrected chi connectivity index (χ2v) is 4.62. The van der Waals surface area contributed by atoms with Crippen LogP contribution >= 0.6 is 0 Å². The lowest BCUT2D eigenvalue weighted by molar-refractivity contribution is 0.0937. The van der Waals surface area contributed by atoms with Crippen molar-refractivity contribution in [3.63, 3.8) is 0 Å². The van der Waals surface area contributed by atoms with Crippen LogP contribution in [0.15, 0.2) is 24.8 Å². The first-order chi connectivity index (χ1) is 7.84. The number of rotatable bonds is 4. The minimum atomic E-state index is -0.0452. The highest BCUT2D eigenvalue weighted by Gasteiger charge is 2.14. The van der Waals surface area contributed by atoms with Crippen molar-refractivity contribution in [3.05, 3.63) is 41.5 Å². The van der Waals surface area contributed by atoms with Crippen LogP contribution in [0.5, 0.6) is 0 Å². The van der Waals surface area contributed by atoms with Gasteiger partial charge in [-0.2, -0.15) is 0 Å². The Morgan fingerprint density at radius 3 is 2.12 bits per heavy atom. The summed E-state index contributed by atoms with van der Waals surface area (Å²) >= 11 is 0. The van der Waals surface area contributed by atoms with Gasteiger partial charge < -0.3 is 0 Å². The number of allylic oxidation sites excluding steroid dienone is 1. The van der Waals surface area contributed by atoms with Gasteiger partial charge in [0.25, 0.3) is 0 Å². The molecule has 1 aromatic carbocycles. The molecule has 2 heteroatoms. The molecule has 0 aliphatic rings. The van der Waals surface area contributed by atoms with Crippen LogP contribution in [0.3, 0.4) is 0 Å². The van der Waals surface area contributed by atoms with E-state index in [4.69, 9.17) is 0 Å². The fourth-order valence-corrected chi connectivity index (χ4v) is 1.69. The lowest BCUT2D eigenvalue weighted by Crippen LogP contribution is -2.09. The molecule has 2 nitrogen and oxygen atoms in total. The van der Waals surface area contributed by atoms with Gasteiger partial charge in [0.1, 0.15) is 0 Å². The lowest BCUT2D eigenvalue weighted by Gasteiger charge is -2.10. The zero-order valence-corrected chi connectivity index (χ0v) is 10.8. The van der Waals surface area contributed by atoms with E-state index in [1.165, 1.54) is 6.92 Å². The maximum Gasteiger partial charge on any atom is 0.165 e. The molecule has 0 atom stereocenters. The summed E-state index contributed by atoms with van der Waals surface area (Å²) in [6, 6.07) is 5.19. The molecule has 0 aliphatic carbocycles. The van der Waals surface area contributed by atoms with E-state index in [1.54, 1.807) is 18.2 Å². The number of carbonyl (C=O) groups excluding carboxylic acids is 2. The van der Waals surface area contributed by atoms with Crippen molar-refractivity contribution in [2.24, 2.45) is 5.92 Å². The predicted octanol–water partition coefficient (Wildman–Crippen LogP) is 3.76. The van der Waals surface area contributed by atoms with E-state index in [2.05, 4.69) is 6.58 Å². The predicted molar refractivity (Wildman–Crippen MR) is 70.3 cm³/mol. The normalized spacial score (nSPS) is 10.4. The first-order valence-electron chi connectivity index (χ1n) is 5.69. The summed E-state index contributed by atoms with van der Waals surface area (Å²) in [5.74, 6) is 0.0327. The summed E-state index contributed by atoms with van der Waals surface area (Å²) in [4.78, 5) is 23.3. The second kappa shape index (κ2) is 5.09. The summed E-state index contributed by atoms with van der Waals surface area (Å²) in [6.45, 7) is 10.9. The average molecular weight is 230 g/mol. The van der Waals surface area contributed by atoms with Crippen LogP contribution in [-0.4, -0.2) is 11.6 Å². The highest BCUT2D eigenvalue weighted by molar-refractivity contribution is 6.02. The topological polar surface area (TPSA) is 34.1 Å². The van der Waals surface area contributed by atoms with E-state index in [0.717, 1.165) is 11.1 Å². The first kappa shape index (κ1) is 13.4. The third kappa shape index (κ3) is 2.90. The molecule has 0 saturated heterocycles. The maximum atomic E-state index is 11.9. The maximum absolute atomic E-state index is 11.9. The number of benzene rings is 1. The summed E-state index contributed by atoms with van der Waals surface area (Å²) < 4.78 is 0. The molecule has 0 spiro atoms. The Labute approximate surface area is 102 Å². The lowest BCUT2D eigenvalue weighted by atomic mass is 9.93. The van der Waals surface area contributed by atoms with E-state index in [1.807, 2.05) is 20.8 Å². The van der Waals surface area contributed by atoms with Gasteiger partial charge in [0.15, 0.2) is 11.6 Å². The van der Waals surface area contributed by atoms with Gasteiger partial charge in [-0.25, -0.2) is 0 Å². The Bertz CT molecular complexity index is 482. The summed E-state index contributed by atoms with van der Waals surface area (Å²) in [6.07, 6.45) is 0. The largest absolute Gasteiger partial charge is 0.294 e. The Morgan fingerprint density at radius 2 is 1.71 bits per heavy atom. The fourth-order valence-electron chi connectivity index (χ4n) is 1.69. The first-order valence-corrected chi connectivity index (χ1v) is 5.69. The molecule has 1 aromatic rings. The van der Waals surface area contributed by atoms with Gasteiger partial charge in [0.2, 0.25) is 0 Å².